The number of rotatable bonds is 1. The zero-order valence-electron chi connectivity index (χ0n) is 10.2. The number of pyridine rings is 1. The quantitative estimate of drug-likeness (QED) is 0.685. The van der Waals surface area contributed by atoms with Gasteiger partial charge in [-0.25, -0.2) is 0 Å². The van der Waals surface area contributed by atoms with Crippen LogP contribution >= 0.6 is 11.6 Å². The Morgan fingerprint density at radius 3 is 2.45 bits per heavy atom. The minimum absolute atomic E-state index is 0.281. The van der Waals surface area contributed by atoms with Crippen molar-refractivity contribution in [2.24, 2.45) is 0 Å². The summed E-state index contributed by atoms with van der Waals surface area (Å²) in [5, 5.41) is 19.3. The van der Waals surface area contributed by atoms with Crippen LogP contribution in [0.4, 0.5) is 0 Å². The number of hydrogen-bond acceptors (Lipinski definition) is 3. The van der Waals surface area contributed by atoms with E-state index in [9.17, 15) is 10.5 Å². The van der Waals surface area contributed by atoms with Crippen LogP contribution in [-0.2, 0) is 0 Å². The van der Waals surface area contributed by atoms with E-state index in [1.165, 1.54) is 0 Å². The fourth-order valence-corrected chi connectivity index (χ4v) is 2.31. The Balaban J connectivity index is 2.44. The van der Waals surface area contributed by atoms with E-state index in [0.717, 1.165) is 11.2 Å². The third kappa shape index (κ3) is 1.72. The number of benzene rings is 1. The predicted molar refractivity (Wildman–Crippen MR) is 75.5 cm³/mol. The molecule has 0 unspecified atom stereocenters. The molecular formula is C15H7ClN4. The molecule has 5 heteroatoms. The molecule has 0 spiro atoms. The molecule has 0 aliphatic carbocycles. The number of nitriles is 2. The van der Waals surface area contributed by atoms with Gasteiger partial charge in [0, 0.05) is 16.9 Å². The summed E-state index contributed by atoms with van der Waals surface area (Å²) in [6.07, 6.45) is 1.61. The minimum Gasteiger partial charge on any atom is -0.298 e. The standard InChI is InChI=1S/C15H7ClN4/c16-10-3-5-11(6-4-10)20-13-2-1-7-19-15(13)12(8-17)14(20)9-18/h1-7H. The van der Waals surface area contributed by atoms with Crippen molar-refractivity contribution >= 4 is 22.6 Å². The van der Waals surface area contributed by atoms with Gasteiger partial charge in [-0.3, -0.25) is 9.55 Å². The molecule has 1 aromatic carbocycles. The van der Waals surface area contributed by atoms with E-state index in [-0.39, 0.29) is 11.3 Å². The number of nitrogens with zero attached hydrogens (tertiary/aromatic N) is 4. The number of aromatic nitrogens is 2. The molecule has 4 nitrogen and oxygen atoms in total. The van der Waals surface area contributed by atoms with E-state index in [1.807, 2.05) is 6.07 Å². The van der Waals surface area contributed by atoms with E-state index in [4.69, 9.17) is 11.6 Å². The van der Waals surface area contributed by atoms with Crippen LogP contribution in [0, 0.1) is 22.7 Å². The molecule has 2 aromatic heterocycles. The first-order chi connectivity index (χ1) is 9.76. The second-order valence-electron chi connectivity index (χ2n) is 4.13. The van der Waals surface area contributed by atoms with Gasteiger partial charge < -0.3 is 0 Å². The smallest absolute Gasteiger partial charge is 0.145 e. The fourth-order valence-electron chi connectivity index (χ4n) is 2.18. The highest BCUT2D eigenvalue weighted by molar-refractivity contribution is 6.30. The van der Waals surface area contributed by atoms with Crippen LogP contribution in [-0.4, -0.2) is 9.55 Å². The monoisotopic (exact) mass is 278 g/mol. The minimum atomic E-state index is 0.281. The van der Waals surface area contributed by atoms with Crippen molar-refractivity contribution in [3.8, 4) is 17.8 Å². The van der Waals surface area contributed by atoms with E-state index in [1.54, 1.807) is 41.1 Å². The Hall–Kier alpha value is -2.82. The normalized spacial score (nSPS) is 10.2. The average molecular weight is 279 g/mol. The third-order valence-corrected chi connectivity index (χ3v) is 3.28. The number of hydrogen-bond donors (Lipinski definition) is 0. The fraction of sp³-hybridized carbons (Fsp3) is 0. The van der Waals surface area contributed by atoms with Gasteiger partial charge in [-0.05, 0) is 36.4 Å². The molecule has 20 heavy (non-hydrogen) atoms. The molecule has 2 heterocycles. The molecule has 0 radical (unpaired) electrons. The van der Waals surface area contributed by atoms with E-state index < -0.39 is 0 Å². The third-order valence-electron chi connectivity index (χ3n) is 3.03. The summed E-state index contributed by atoms with van der Waals surface area (Å²) < 4.78 is 1.72. The highest BCUT2D eigenvalue weighted by atomic mass is 35.5. The molecule has 0 saturated heterocycles. The lowest BCUT2D eigenvalue weighted by atomic mass is 10.2. The SMILES string of the molecule is N#Cc1c(C#N)n(-c2ccc(Cl)cc2)c2cccnc12. The van der Waals surface area contributed by atoms with Crippen LogP contribution < -0.4 is 0 Å². The predicted octanol–water partition coefficient (Wildman–Crippen LogP) is 3.42. The van der Waals surface area contributed by atoms with Gasteiger partial charge in [0.2, 0.25) is 0 Å². The van der Waals surface area contributed by atoms with Gasteiger partial charge >= 0.3 is 0 Å². The molecule has 0 bridgehead atoms. The summed E-state index contributed by atoms with van der Waals surface area (Å²) in [6.45, 7) is 0. The topological polar surface area (TPSA) is 65.4 Å². The summed E-state index contributed by atoms with van der Waals surface area (Å²) in [5.74, 6) is 0. The number of fused-ring (bicyclic) bond motifs is 1. The maximum absolute atomic E-state index is 9.37. The van der Waals surface area contributed by atoms with E-state index in [2.05, 4.69) is 17.1 Å². The first-order valence-corrected chi connectivity index (χ1v) is 6.19. The van der Waals surface area contributed by atoms with Gasteiger partial charge in [-0.1, -0.05) is 11.6 Å². The summed E-state index contributed by atoms with van der Waals surface area (Å²) >= 11 is 5.88. The van der Waals surface area contributed by atoms with Gasteiger partial charge in [0.25, 0.3) is 0 Å². The second-order valence-corrected chi connectivity index (χ2v) is 4.57. The van der Waals surface area contributed by atoms with Crippen molar-refractivity contribution in [1.82, 2.24) is 9.55 Å². The van der Waals surface area contributed by atoms with Crippen LogP contribution in [0.5, 0.6) is 0 Å². The lowest BCUT2D eigenvalue weighted by molar-refractivity contribution is 1.09. The first-order valence-electron chi connectivity index (χ1n) is 5.82. The lowest BCUT2D eigenvalue weighted by Gasteiger charge is -2.06. The maximum Gasteiger partial charge on any atom is 0.145 e. The Kier molecular flexibility index (Phi) is 2.87. The second kappa shape index (κ2) is 4.70. The molecule has 0 atom stereocenters. The molecule has 3 rings (SSSR count). The highest BCUT2D eigenvalue weighted by Crippen LogP contribution is 2.27. The molecule has 94 valence electrons. The summed E-state index contributed by atoms with van der Waals surface area (Å²) in [7, 11) is 0. The van der Waals surface area contributed by atoms with Gasteiger partial charge in [0.1, 0.15) is 28.9 Å². The first kappa shape index (κ1) is 12.2. The summed E-state index contributed by atoms with van der Waals surface area (Å²) in [4.78, 5) is 4.20. The molecule has 0 amide bonds. The molecule has 0 N–H and O–H groups in total. The highest BCUT2D eigenvalue weighted by Gasteiger charge is 2.18. The van der Waals surface area contributed by atoms with Crippen molar-refractivity contribution in [2.45, 2.75) is 0 Å². The maximum atomic E-state index is 9.37. The molecule has 0 fully saturated rings. The van der Waals surface area contributed by atoms with Crippen LogP contribution in [0.25, 0.3) is 16.7 Å². The van der Waals surface area contributed by atoms with Crippen molar-refractivity contribution < 1.29 is 0 Å². The van der Waals surface area contributed by atoms with Gasteiger partial charge in [0.05, 0.1) is 5.52 Å². The molecule has 3 aromatic rings. The average Bonchev–Trinajstić information content (AvgIpc) is 2.81. The van der Waals surface area contributed by atoms with Gasteiger partial charge in [-0.15, -0.1) is 0 Å². The number of halogens is 1. The van der Waals surface area contributed by atoms with Crippen molar-refractivity contribution in [2.75, 3.05) is 0 Å². The molecule has 0 aliphatic heterocycles. The van der Waals surface area contributed by atoms with Crippen LogP contribution in [0.3, 0.4) is 0 Å². The van der Waals surface area contributed by atoms with E-state index >= 15 is 0 Å². The Labute approximate surface area is 120 Å². The molecular weight excluding hydrogens is 272 g/mol. The van der Waals surface area contributed by atoms with Crippen molar-refractivity contribution in [3.05, 3.63) is 58.9 Å². The van der Waals surface area contributed by atoms with Crippen LogP contribution in [0.15, 0.2) is 42.6 Å². The Morgan fingerprint density at radius 2 is 1.80 bits per heavy atom. The van der Waals surface area contributed by atoms with Crippen LogP contribution in [0.2, 0.25) is 5.02 Å². The Bertz CT molecular complexity index is 879. The zero-order chi connectivity index (χ0) is 14.1. The molecule has 0 aliphatic rings. The zero-order valence-corrected chi connectivity index (χ0v) is 11.0. The van der Waals surface area contributed by atoms with Gasteiger partial charge in [0.15, 0.2) is 0 Å². The summed E-state index contributed by atoms with van der Waals surface area (Å²) in [5.41, 5.74) is 2.59. The van der Waals surface area contributed by atoms with Gasteiger partial charge in [-0.2, -0.15) is 10.5 Å². The largest absolute Gasteiger partial charge is 0.298 e. The van der Waals surface area contributed by atoms with Crippen molar-refractivity contribution in [1.29, 1.82) is 10.5 Å². The van der Waals surface area contributed by atoms with Crippen molar-refractivity contribution in [3.63, 3.8) is 0 Å². The lowest BCUT2D eigenvalue weighted by Crippen LogP contribution is -1.97. The van der Waals surface area contributed by atoms with Crippen LogP contribution in [0.1, 0.15) is 11.3 Å². The Morgan fingerprint density at radius 1 is 1.05 bits per heavy atom. The van der Waals surface area contributed by atoms with E-state index in [0.29, 0.717) is 10.5 Å². The summed E-state index contributed by atoms with van der Waals surface area (Å²) in [6, 6.07) is 14.8. The molecule has 0 saturated carbocycles.